The van der Waals surface area contributed by atoms with Gasteiger partial charge in [-0.25, -0.2) is 9.37 Å². The van der Waals surface area contributed by atoms with Gasteiger partial charge in [-0.05, 0) is 43.2 Å². The number of anilines is 3. The van der Waals surface area contributed by atoms with Gasteiger partial charge >= 0.3 is 0 Å². The van der Waals surface area contributed by atoms with E-state index in [1.165, 1.54) is 23.1 Å². The van der Waals surface area contributed by atoms with Crippen LogP contribution in [0.2, 0.25) is 0 Å². The van der Waals surface area contributed by atoms with Crippen molar-refractivity contribution in [3.8, 4) is 0 Å². The Labute approximate surface area is 145 Å². The summed E-state index contributed by atoms with van der Waals surface area (Å²) in [6, 6.07) is 9.07. The molecule has 0 fully saturated rings. The number of rotatable bonds is 8. The molecular formula is C18H21FN4O2. The molecular weight excluding hydrogens is 323 g/mol. The SMILES string of the molecule is NC(=O)CCCCCC(=O)N(c1ccccn1)c1ccc(F)cc1N. The van der Waals surface area contributed by atoms with E-state index in [2.05, 4.69) is 4.98 Å². The Morgan fingerprint density at radius 3 is 2.48 bits per heavy atom. The third-order valence-electron chi connectivity index (χ3n) is 3.67. The monoisotopic (exact) mass is 344 g/mol. The fourth-order valence-electron chi connectivity index (χ4n) is 2.46. The van der Waals surface area contributed by atoms with E-state index in [0.717, 1.165) is 0 Å². The van der Waals surface area contributed by atoms with E-state index in [0.29, 0.717) is 37.2 Å². The summed E-state index contributed by atoms with van der Waals surface area (Å²) in [6.07, 6.45) is 4.10. The molecule has 0 unspecified atom stereocenters. The van der Waals surface area contributed by atoms with Crippen LogP contribution in [0.15, 0.2) is 42.6 Å². The van der Waals surface area contributed by atoms with Gasteiger partial charge in [-0.3, -0.25) is 14.5 Å². The van der Waals surface area contributed by atoms with Crippen molar-refractivity contribution < 1.29 is 14.0 Å². The van der Waals surface area contributed by atoms with Gasteiger partial charge in [0, 0.05) is 19.0 Å². The van der Waals surface area contributed by atoms with Crippen LogP contribution in [-0.2, 0) is 9.59 Å². The van der Waals surface area contributed by atoms with E-state index in [4.69, 9.17) is 11.5 Å². The van der Waals surface area contributed by atoms with Crippen LogP contribution < -0.4 is 16.4 Å². The summed E-state index contributed by atoms with van der Waals surface area (Å²) in [5, 5.41) is 0. The van der Waals surface area contributed by atoms with Crippen LogP contribution in [0.25, 0.3) is 0 Å². The number of pyridine rings is 1. The Kier molecular flexibility index (Phi) is 6.45. The molecule has 1 aromatic heterocycles. The van der Waals surface area contributed by atoms with Crippen molar-refractivity contribution in [3.05, 3.63) is 48.4 Å². The van der Waals surface area contributed by atoms with Gasteiger partial charge < -0.3 is 11.5 Å². The van der Waals surface area contributed by atoms with E-state index >= 15 is 0 Å². The molecule has 6 nitrogen and oxygen atoms in total. The van der Waals surface area contributed by atoms with Gasteiger partial charge in [-0.15, -0.1) is 0 Å². The molecule has 0 aliphatic rings. The van der Waals surface area contributed by atoms with Crippen LogP contribution in [0.3, 0.4) is 0 Å². The smallest absolute Gasteiger partial charge is 0.232 e. The van der Waals surface area contributed by atoms with Crippen LogP contribution >= 0.6 is 0 Å². The van der Waals surface area contributed by atoms with Crippen molar-refractivity contribution in [2.45, 2.75) is 32.1 Å². The maximum atomic E-state index is 13.3. The fraction of sp³-hybridized carbons (Fsp3) is 0.278. The third kappa shape index (κ3) is 5.27. The highest BCUT2D eigenvalue weighted by molar-refractivity contribution is 6.02. The van der Waals surface area contributed by atoms with E-state index < -0.39 is 5.82 Å². The predicted octanol–water partition coefficient (Wildman–Crippen LogP) is 2.90. The highest BCUT2D eigenvalue weighted by atomic mass is 19.1. The first-order chi connectivity index (χ1) is 12.0. The lowest BCUT2D eigenvalue weighted by Crippen LogP contribution is -2.27. The number of hydrogen-bond donors (Lipinski definition) is 2. The molecule has 2 rings (SSSR count). The van der Waals surface area contributed by atoms with E-state index in [-0.39, 0.29) is 23.9 Å². The molecule has 1 heterocycles. The molecule has 0 radical (unpaired) electrons. The number of nitrogens with two attached hydrogens (primary N) is 2. The quantitative estimate of drug-likeness (QED) is 0.568. The van der Waals surface area contributed by atoms with Crippen molar-refractivity contribution in [2.75, 3.05) is 10.6 Å². The van der Waals surface area contributed by atoms with Crippen LogP contribution in [0.4, 0.5) is 21.6 Å². The normalized spacial score (nSPS) is 10.4. The van der Waals surface area contributed by atoms with Gasteiger partial charge in [0.2, 0.25) is 11.8 Å². The molecule has 0 aliphatic carbocycles. The number of carbonyl (C=O) groups excluding carboxylic acids is 2. The maximum absolute atomic E-state index is 13.3. The molecule has 4 N–H and O–H groups in total. The van der Waals surface area contributed by atoms with Crippen molar-refractivity contribution in [1.29, 1.82) is 0 Å². The molecule has 0 atom stereocenters. The minimum Gasteiger partial charge on any atom is -0.397 e. The Bertz CT molecular complexity index is 737. The topological polar surface area (TPSA) is 102 Å². The van der Waals surface area contributed by atoms with Gasteiger partial charge in [0.1, 0.15) is 11.6 Å². The van der Waals surface area contributed by atoms with Gasteiger partial charge in [-0.1, -0.05) is 12.5 Å². The second-order valence-electron chi connectivity index (χ2n) is 5.65. The van der Waals surface area contributed by atoms with Crippen LogP contribution in [0, 0.1) is 5.82 Å². The number of hydrogen-bond acceptors (Lipinski definition) is 4. The molecule has 2 amide bonds. The number of amides is 2. The molecule has 0 spiro atoms. The zero-order valence-electron chi connectivity index (χ0n) is 13.8. The second kappa shape index (κ2) is 8.77. The minimum atomic E-state index is -0.471. The van der Waals surface area contributed by atoms with Gasteiger partial charge in [-0.2, -0.15) is 0 Å². The number of unbranched alkanes of at least 4 members (excludes halogenated alkanes) is 2. The lowest BCUT2D eigenvalue weighted by atomic mass is 10.1. The first-order valence-electron chi connectivity index (χ1n) is 8.06. The lowest BCUT2D eigenvalue weighted by molar-refractivity contribution is -0.118. The number of benzene rings is 1. The molecule has 1 aromatic carbocycles. The zero-order chi connectivity index (χ0) is 18.2. The van der Waals surface area contributed by atoms with E-state index in [9.17, 15) is 14.0 Å². The van der Waals surface area contributed by atoms with Gasteiger partial charge in [0.15, 0.2) is 0 Å². The number of nitrogens with zero attached hydrogens (tertiary/aromatic N) is 2. The molecule has 0 bridgehead atoms. The Morgan fingerprint density at radius 2 is 1.84 bits per heavy atom. The molecule has 132 valence electrons. The number of primary amides is 1. The van der Waals surface area contributed by atoms with Crippen LogP contribution in [0.5, 0.6) is 0 Å². The first kappa shape index (κ1) is 18.4. The van der Waals surface area contributed by atoms with Crippen LogP contribution in [0.1, 0.15) is 32.1 Å². The fourth-order valence-corrected chi connectivity index (χ4v) is 2.46. The number of nitrogen functional groups attached to an aromatic ring is 1. The summed E-state index contributed by atoms with van der Waals surface area (Å²) in [7, 11) is 0. The lowest BCUT2D eigenvalue weighted by Gasteiger charge is -2.23. The molecule has 0 aliphatic heterocycles. The van der Waals surface area contributed by atoms with Gasteiger partial charge in [0.25, 0.3) is 0 Å². The summed E-state index contributed by atoms with van der Waals surface area (Å²) >= 11 is 0. The van der Waals surface area contributed by atoms with Crippen molar-refractivity contribution in [3.63, 3.8) is 0 Å². The number of halogens is 1. The summed E-state index contributed by atoms with van der Waals surface area (Å²) in [6.45, 7) is 0. The molecule has 0 saturated heterocycles. The highest BCUT2D eigenvalue weighted by Gasteiger charge is 2.21. The van der Waals surface area contributed by atoms with Crippen molar-refractivity contribution in [2.24, 2.45) is 5.73 Å². The van der Waals surface area contributed by atoms with Crippen molar-refractivity contribution in [1.82, 2.24) is 4.98 Å². The largest absolute Gasteiger partial charge is 0.397 e. The summed E-state index contributed by atoms with van der Waals surface area (Å²) in [4.78, 5) is 29.1. The maximum Gasteiger partial charge on any atom is 0.232 e. The van der Waals surface area contributed by atoms with E-state index in [1.54, 1.807) is 24.4 Å². The predicted molar refractivity (Wildman–Crippen MR) is 94.5 cm³/mol. The standard InChI is InChI=1S/C18H21FN4O2/c19-13-9-10-15(14(20)12-13)23(17-7-4-5-11-22-17)18(25)8-3-1-2-6-16(21)24/h4-5,7,9-12H,1-3,6,8,20H2,(H2,21,24). The summed E-state index contributed by atoms with van der Waals surface area (Å²) in [5.41, 5.74) is 11.5. The second-order valence-corrected chi connectivity index (χ2v) is 5.65. The van der Waals surface area contributed by atoms with Crippen molar-refractivity contribution >= 4 is 29.0 Å². The molecule has 7 heteroatoms. The molecule has 25 heavy (non-hydrogen) atoms. The number of aromatic nitrogens is 1. The Balaban J connectivity index is 2.15. The average molecular weight is 344 g/mol. The molecule has 0 saturated carbocycles. The summed E-state index contributed by atoms with van der Waals surface area (Å²) < 4.78 is 13.3. The summed E-state index contributed by atoms with van der Waals surface area (Å²) in [5.74, 6) is -0.597. The third-order valence-corrected chi connectivity index (χ3v) is 3.67. The highest BCUT2D eigenvalue weighted by Crippen LogP contribution is 2.30. The van der Waals surface area contributed by atoms with Gasteiger partial charge in [0.05, 0.1) is 11.4 Å². The average Bonchev–Trinajstić information content (AvgIpc) is 2.57. The first-order valence-corrected chi connectivity index (χ1v) is 8.06. The minimum absolute atomic E-state index is 0.160. The zero-order valence-corrected chi connectivity index (χ0v) is 13.8. The number of carbonyl (C=O) groups is 2. The Morgan fingerprint density at radius 1 is 1.08 bits per heavy atom. The Hall–Kier alpha value is -2.96. The van der Waals surface area contributed by atoms with Crippen LogP contribution in [-0.4, -0.2) is 16.8 Å². The molecule has 2 aromatic rings. The van der Waals surface area contributed by atoms with E-state index in [1.807, 2.05) is 0 Å².